The molecule has 69 valence electrons. The van der Waals surface area contributed by atoms with Crippen LogP contribution < -0.4 is 62.0 Å². The minimum Gasteiger partial charge on any atom is -1.00 e. The largest absolute Gasteiger partial charge is 1.00 e. The quantitative estimate of drug-likeness (QED) is 0.481. The van der Waals surface area contributed by atoms with Gasteiger partial charge < -0.3 is 67.1 Å². The summed E-state index contributed by atoms with van der Waals surface area (Å²) in [7, 11) is 0. The van der Waals surface area contributed by atoms with Crippen molar-refractivity contribution in [2.24, 2.45) is 0 Å². The maximum Gasteiger partial charge on any atom is 0.300 e. The van der Waals surface area contributed by atoms with Crippen LogP contribution in [0.4, 0.5) is 0 Å². The van der Waals surface area contributed by atoms with Crippen LogP contribution in [0.2, 0.25) is 0 Å². The number of rotatable bonds is 0. The molecule has 0 aromatic rings. The van der Waals surface area contributed by atoms with Crippen LogP contribution in [0.15, 0.2) is 0 Å². The van der Waals surface area contributed by atoms with Crippen molar-refractivity contribution in [1.82, 2.24) is 0 Å². The predicted octanol–water partition coefficient (Wildman–Crippen LogP) is -14.9. The Kier molecular flexibility index (Phi) is 293. The molecule has 1 N–H and O–H groups in total. The first-order valence-corrected chi connectivity index (χ1v) is 0.928. The maximum absolute atomic E-state index is 9.00. The molecule has 0 aliphatic heterocycles. The van der Waals surface area contributed by atoms with E-state index in [0.29, 0.717) is 0 Å². The smallest absolute Gasteiger partial charge is 0.300 e. The van der Waals surface area contributed by atoms with Gasteiger partial charge in [-0.2, -0.15) is 0 Å². The monoisotopic (exact) mass is 286 g/mol. The third-order valence-corrected chi connectivity index (χ3v) is 0. The van der Waals surface area contributed by atoms with Crippen molar-refractivity contribution in [2.45, 2.75) is 6.92 Å². The van der Waals surface area contributed by atoms with Gasteiger partial charge in [-0.25, -0.2) is 0 Å². The molecule has 10 heavy (non-hydrogen) atoms. The number of halogens is 5. The van der Waals surface area contributed by atoms with Crippen molar-refractivity contribution in [3.63, 3.8) is 0 Å². The Balaban J connectivity index is -0.00000000300. The predicted molar refractivity (Wildman–Crippen MR) is 13.3 cm³/mol. The van der Waals surface area contributed by atoms with E-state index < -0.39 is 5.97 Å². The van der Waals surface area contributed by atoms with Crippen molar-refractivity contribution >= 4 is 5.97 Å². The summed E-state index contributed by atoms with van der Waals surface area (Å²) in [6.45, 7) is 1.08. The SMILES string of the molecule is CC(=O)O.[Cl-].[Cl-].[Cl-].[Cl-].[Cl-].[V]. The average Bonchev–Trinajstić information content (AvgIpc) is 0.811. The van der Waals surface area contributed by atoms with Gasteiger partial charge in [0.1, 0.15) is 0 Å². The minimum absolute atomic E-state index is 0. The molecule has 2 nitrogen and oxygen atoms in total. The van der Waals surface area contributed by atoms with Gasteiger partial charge in [-0.3, -0.25) is 4.79 Å². The molecule has 0 atom stereocenters. The molecule has 0 rings (SSSR count). The first-order valence-electron chi connectivity index (χ1n) is 0.928. The number of carboxylic acid groups (broad SMARTS) is 1. The van der Waals surface area contributed by atoms with Crippen molar-refractivity contribution in [2.75, 3.05) is 0 Å². The van der Waals surface area contributed by atoms with Crippen LogP contribution in [0.25, 0.3) is 0 Å². The molecule has 0 saturated heterocycles. The van der Waals surface area contributed by atoms with Crippen LogP contribution in [0, 0.1) is 0 Å². The van der Waals surface area contributed by atoms with Gasteiger partial charge in [0.05, 0.1) is 0 Å². The van der Waals surface area contributed by atoms with E-state index >= 15 is 0 Å². The van der Waals surface area contributed by atoms with Gasteiger partial charge in [0.15, 0.2) is 0 Å². The molecule has 0 heterocycles. The molecule has 1 radical (unpaired) electrons. The summed E-state index contributed by atoms with van der Waals surface area (Å²) in [5, 5.41) is 7.42. The molecule has 0 saturated carbocycles. The third-order valence-electron chi connectivity index (χ3n) is 0. The Labute approximate surface area is 103 Å². The summed E-state index contributed by atoms with van der Waals surface area (Å²) in [5.41, 5.74) is 0. The van der Waals surface area contributed by atoms with E-state index in [4.69, 9.17) is 9.90 Å². The average molecular weight is 288 g/mol. The standard InChI is InChI=1S/C2H4O2.5ClH.V/c1-2(3)4;;;;;;/h1H3,(H,3,4);5*1H;/p-5. The fourth-order valence-corrected chi connectivity index (χ4v) is 0. The topological polar surface area (TPSA) is 37.3 Å². The fourth-order valence-electron chi connectivity index (χ4n) is 0. The minimum atomic E-state index is -0.833. The van der Waals surface area contributed by atoms with Crippen molar-refractivity contribution in [1.29, 1.82) is 0 Å². The van der Waals surface area contributed by atoms with Crippen molar-refractivity contribution in [3.8, 4) is 0 Å². The fraction of sp³-hybridized carbons (Fsp3) is 0.500. The van der Waals surface area contributed by atoms with Crippen LogP contribution >= 0.6 is 0 Å². The van der Waals surface area contributed by atoms with E-state index in [1.807, 2.05) is 0 Å². The molecule has 8 heteroatoms. The number of hydrogen-bond acceptors (Lipinski definition) is 1. The number of carboxylic acids is 1. The molecule has 0 unspecified atom stereocenters. The zero-order valence-corrected chi connectivity index (χ0v) is 9.87. The summed E-state index contributed by atoms with van der Waals surface area (Å²) < 4.78 is 0. The summed E-state index contributed by atoms with van der Waals surface area (Å²) >= 11 is 0. The van der Waals surface area contributed by atoms with E-state index in [-0.39, 0.29) is 80.6 Å². The molecule has 0 aromatic carbocycles. The van der Waals surface area contributed by atoms with E-state index in [0.717, 1.165) is 6.92 Å². The third kappa shape index (κ3) is 304. The molecular formula is C2H4Cl5O2V-5. The van der Waals surface area contributed by atoms with E-state index in [1.54, 1.807) is 0 Å². The second kappa shape index (κ2) is 46.8. The molecule has 0 aliphatic rings. The van der Waals surface area contributed by atoms with Gasteiger partial charge >= 0.3 is 0 Å². The van der Waals surface area contributed by atoms with Crippen LogP contribution in [0.1, 0.15) is 6.92 Å². The Morgan fingerprint density at radius 1 is 1.00 bits per heavy atom. The second-order valence-electron chi connectivity index (χ2n) is 0.519. The van der Waals surface area contributed by atoms with Gasteiger partial charge in [-0.15, -0.1) is 0 Å². The Bertz CT molecular complexity index is 40.6. The van der Waals surface area contributed by atoms with Gasteiger partial charge in [0.25, 0.3) is 5.97 Å². The number of aliphatic carboxylic acids is 1. The Morgan fingerprint density at radius 2 is 1.00 bits per heavy atom. The number of carbonyl (C=O) groups is 1. The molecule has 0 amide bonds. The molecule has 0 spiro atoms. The normalized spacial score (nSPS) is 2.50. The van der Waals surface area contributed by atoms with Crippen LogP contribution in [-0.4, -0.2) is 11.1 Å². The van der Waals surface area contributed by atoms with Crippen molar-refractivity contribution < 1.29 is 90.5 Å². The summed E-state index contributed by atoms with van der Waals surface area (Å²) in [6, 6.07) is 0. The first kappa shape index (κ1) is 62.6. The van der Waals surface area contributed by atoms with E-state index in [2.05, 4.69) is 0 Å². The molecule has 0 aromatic heterocycles. The van der Waals surface area contributed by atoms with Gasteiger partial charge in [0.2, 0.25) is 0 Å². The summed E-state index contributed by atoms with van der Waals surface area (Å²) in [5.74, 6) is -0.833. The second-order valence-corrected chi connectivity index (χ2v) is 0.519. The Morgan fingerprint density at radius 3 is 1.00 bits per heavy atom. The van der Waals surface area contributed by atoms with Crippen molar-refractivity contribution in [3.05, 3.63) is 0 Å². The van der Waals surface area contributed by atoms with E-state index in [9.17, 15) is 0 Å². The zero-order chi connectivity index (χ0) is 3.58. The summed E-state index contributed by atoms with van der Waals surface area (Å²) in [6.07, 6.45) is 0. The van der Waals surface area contributed by atoms with Crippen LogP contribution in [0.5, 0.6) is 0 Å². The zero-order valence-electron chi connectivity index (χ0n) is 4.69. The maximum atomic E-state index is 9.00. The van der Waals surface area contributed by atoms with E-state index in [1.165, 1.54) is 0 Å². The molecule has 0 bridgehead atoms. The molecule has 0 fully saturated rings. The van der Waals surface area contributed by atoms with Gasteiger partial charge in [-0.1, -0.05) is 0 Å². The van der Waals surface area contributed by atoms with Crippen LogP contribution in [0.3, 0.4) is 0 Å². The van der Waals surface area contributed by atoms with Gasteiger partial charge in [0, 0.05) is 25.5 Å². The van der Waals surface area contributed by atoms with Gasteiger partial charge in [-0.05, 0) is 0 Å². The molecular weight excluding hydrogens is 284 g/mol. The number of hydrogen-bond donors (Lipinski definition) is 1. The Hall–Kier alpha value is 1.50. The molecule has 0 aliphatic carbocycles. The first-order chi connectivity index (χ1) is 1.73. The van der Waals surface area contributed by atoms with Crippen LogP contribution in [-0.2, 0) is 23.4 Å². The summed E-state index contributed by atoms with van der Waals surface area (Å²) in [4.78, 5) is 9.00.